The lowest BCUT2D eigenvalue weighted by molar-refractivity contribution is 1.14. The van der Waals surface area contributed by atoms with Gasteiger partial charge in [-0.3, -0.25) is 0 Å². The second-order valence-electron chi connectivity index (χ2n) is 4.85. The quantitative estimate of drug-likeness (QED) is 0.842. The summed E-state index contributed by atoms with van der Waals surface area (Å²) in [5.41, 5.74) is 10.9. The largest absolute Gasteiger partial charge is 0.389 e. The van der Waals surface area contributed by atoms with Gasteiger partial charge in [0.05, 0.1) is 5.56 Å². The Kier molecular flexibility index (Phi) is 4.35. The molecule has 0 atom stereocenters. The molecule has 3 nitrogen and oxygen atoms in total. The van der Waals surface area contributed by atoms with Crippen molar-refractivity contribution in [2.45, 2.75) is 27.2 Å². The average molecular weight is 285 g/mol. The monoisotopic (exact) mass is 285 g/mol. The highest BCUT2D eigenvalue weighted by Gasteiger charge is 2.11. The van der Waals surface area contributed by atoms with Gasteiger partial charge in [-0.15, -0.1) is 0 Å². The summed E-state index contributed by atoms with van der Waals surface area (Å²) >= 11 is 5.14. The summed E-state index contributed by atoms with van der Waals surface area (Å²) in [6.45, 7) is 6.09. The Bertz CT molecular complexity index is 650. The van der Waals surface area contributed by atoms with Crippen molar-refractivity contribution >= 4 is 28.7 Å². The third-order valence-corrected chi connectivity index (χ3v) is 3.39. The lowest BCUT2D eigenvalue weighted by Gasteiger charge is -2.14. The van der Waals surface area contributed by atoms with Gasteiger partial charge in [-0.1, -0.05) is 31.3 Å². The number of nitrogens with two attached hydrogens (primary N) is 1. The fraction of sp³-hybridized carbons (Fsp3) is 0.250. The summed E-state index contributed by atoms with van der Waals surface area (Å²) in [6, 6.07) is 10.3. The minimum Gasteiger partial charge on any atom is -0.389 e. The fourth-order valence-electron chi connectivity index (χ4n) is 2.24. The van der Waals surface area contributed by atoms with Crippen molar-refractivity contribution < 1.29 is 0 Å². The van der Waals surface area contributed by atoms with Crippen LogP contribution in [-0.4, -0.2) is 9.97 Å². The van der Waals surface area contributed by atoms with Crippen molar-refractivity contribution in [1.82, 2.24) is 4.98 Å². The topological polar surface area (TPSA) is 50.9 Å². The van der Waals surface area contributed by atoms with E-state index in [0.29, 0.717) is 4.99 Å². The second kappa shape index (κ2) is 6.01. The first-order valence-corrected chi connectivity index (χ1v) is 7.06. The number of aryl methyl sites for hydroxylation is 3. The normalized spacial score (nSPS) is 10.3. The molecule has 0 aliphatic rings. The number of anilines is 2. The molecule has 0 saturated carbocycles. The number of nitrogens with zero attached hydrogens (tertiary/aromatic N) is 1. The number of hydrogen-bond acceptors (Lipinski definition) is 3. The molecule has 0 aliphatic heterocycles. The van der Waals surface area contributed by atoms with E-state index in [1.54, 1.807) is 0 Å². The number of pyridine rings is 1. The first-order chi connectivity index (χ1) is 9.51. The molecule has 1 heterocycles. The number of hydrogen-bond donors (Lipinski definition) is 2. The molecular weight excluding hydrogens is 266 g/mol. The zero-order valence-electron chi connectivity index (χ0n) is 12.0. The van der Waals surface area contributed by atoms with E-state index in [1.165, 1.54) is 5.56 Å². The standard InChI is InChI=1S/C16H19N3S/c1-4-12-6-5-7-13(9-12)19-16-14(15(17)20)10(2)8-11(3)18-16/h5-9H,4H2,1-3H3,(H2,17,20)(H,18,19). The highest BCUT2D eigenvalue weighted by molar-refractivity contribution is 7.80. The molecule has 0 spiro atoms. The van der Waals surface area contributed by atoms with E-state index in [2.05, 4.69) is 29.4 Å². The SMILES string of the molecule is CCc1cccc(Nc2nc(C)cc(C)c2C(N)=S)c1. The van der Waals surface area contributed by atoms with Crippen molar-refractivity contribution in [3.63, 3.8) is 0 Å². The summed E-state index contributed by atoms with van der Waals surface area (Å²) in [6.07, 6.45) is 0.998. The van der Waals surface area contributed by atoms with Crippen LogP contribution in [0.2, 0.25) is 0 Å². The Morgan fingerprint density at radius 1 is 1.30 bits per heavy atom. The molecule has 1 aromatic carbocycles. The number of nitrogens with one attached hydrogen (secondary N) is 1. The zero-order chi connectivity index (χ0) is 14.7. The highest BCUT2D eigenvalue weighted by atomic mass is 32.1. The van der Waals surface area contributed by atoms with E-state index in [4.69, 9.17) is 18.0 Å². The number of rotatable bonds is 4. The predicted molar refractivity (Wildman–Crippen MR) is 88.7 cm³/mol. The van der Waals surface area contributed by atoms with E-state index >= 15 is 0 Å². The zero-order valence-corrected chi connectivity index (χ0v) is 12.8. The summed E-state index contributed by atoms with van der Waals surface area (Å²) < 4.78 is 0. The second-order valence-corrected chi connectivity index (χ2v) is 5.29. The third-order valence-electron chi connectivity index (χ3n) is 3.19. The van der Waals surface area contributed by atoms with Crippen LogP contribution in [0.3, 0.4) is 0 Å². The van der Waals surface area contributed by atoms with Gasteiger partial charge in [0.2, 0.25) is 0 Å². The van der Waals surface area contributed by atoms with Crippen LogP contribution in [0.1, 0.15) is 29.3 Å². The smallest absolute Gasteiger partial charge is 0.141 e. The molecule has 0 radical (unpaired) electrons. The predicted octanol–water partition coefficient (Wildman–Crippen LogP) is 3.64. The van der Waals surface area contributed by atoms with Crippen molar-refractivity contribution in [1.29, 1.82) is 0 Å². The maximum Gasteiger partial charge on any atom is 0.141 e. The van der Waals surface area contributed by atoms with Gasteiger partial charge >= 0.3 is 0 Å². The van der Waals surface area contributed by atoms with Gasteiger partial charge < -0.3 is 11.1 Å². The molecule has 0 amide bonds. The van der Waals surface area contributed by atoms with Crippen LogP contribution in [0.25, 0.3) is 0 Å². The number of thiocarbonyl (C=S) groups is 1. The molecule has 0 bridgehead atoms. The highest BCUT2D eigenvalue weighted by Crippen LogP contribution is 2.23. The average Bonchev–Trinajstić information content (AvgIpc) is 2.37. The minimum absolute atomic E-state index is 0.365. The summed E-state index contributed by atoms with van der Waals surface area (Å²) in [7, 11) is 0. The molecule has 0 saturated heterocycles. The Hall–Kier alpha value is -1.94. The van der Waals surface area contributed by atoms with Crippen molar-refractivity contribution in [2.75, 3.05) is 5.32 Å². The lowest BCUT2D eigenvalue weighted by Crippen LogP contribution is -2.15. The first-order valence-electron chi connectivity index (χ1n) is 6.65. The maximum atomic E-state index is 5.83. The molecule has 4 heteroatoms. The van der Waals surface area contributed by atoms with E-state index in [1.807, 2.05) is 32.0 Å². The molecule has 20 heavy (non-hydrogen) atoms. The summed E-state index contributed by atoms with van der Waals surface area (Å²) in [5, 5.41) is 3.33. The van der Waals surface area contributed by atoms with Gasteiger partial charge in [0.25, 0.3) is 0 Å². The number of aromatic nitrogens is 1. The van der Waals surface area contributed by atoms with E-state index < -0.39 is 0 Å². The Morgan fingerprint density at radius 3 is 2.70 bits per heavy atom. The van der Waals surface area contributed by atoms with E-state index in [9.17, 15) is 0 Å². The molecule has 1 aromatic heterocycles. The Balaban J connectivity index is 2.44. The van der Waals surface area contributed by atoms with Crippen molar-refractivity contribution in [3.8, 4) is 0 Å². The fourth-order valence-corrected chi connectivity index (χ4v) is 2.50. The molecule has 2 rings (SSSR count). The summed E-state index contributed by atoms with van der Waals surface area (Å²) in [4.78, 5) is 4.89. The Morgan fingerprint density at radius 2 is 2.05 bits per heavy atom. The molecule has 0 fully saturated rings. The third kappa shape index (κ3) is 3.14. The van der Waals surface area contributed by atoms with Gasteiger partial charge in [-0.2, -0.15) is 0 Å². The van der Waals surface area contributed by atoms with Crippen molar-refractivity contribution in [2.24, 2.45) is 5.73 Å². The first kappa shape index (κ1) is 14.5. The van der Waals surface area contributed by atoms with Gasteiger partial charge in [0.1, 0.15) is 10.8 Å². The molecule has 2 aromatic rings. The van der Waals surface area contributed by atoms with Crippen molar-refractivity contribution in [3.05, 3.63) is 52.7 Å². The number of benzene rings is 1. The van der Waals surface area contributed by atoms with Crippen LogP contribution in [0, 0.1) is 13.8 Å². The van der Waals surface area contributed by atoms with E-state index in [0.717, 1.165) is 34.7 Å². The van der Waals surface area contributed by atoms with Crippen LogP contribution in [0.5, 0.6) is 0 Å². The maximum absolute atomic E-state index is 5.83. The van der Waals surface area contributed by atoms with Gasteiger partial charge in [0, 0.05) is 11.4 Å². The van der Waals surface area contributed by atoms with Gasteiger partial charge in [-0.05, 0) is 49.6 Å². The molecule has 0 unspecified atom stereocenters. The van der Waals surface area contributed by atoms with Gasteiger partial charge in [-0.25, -0.2) is 4.98 Å². The van der Waals surface area contributed by atoms with Gasteiger partial charge in [0.15, 0.2) is 0 Å². The molecule has 104 valence electrons. The Labute approximate surface area is 125 Å². The van der Waals surface area contributed by atoms with Crippen LogP contribution < -0.4 is 11.1 Å². The van der Waals surface area contributed by atoms with Crippen LogP contribution >= 0.6 is 12.2 Å². The van der Waals surface area contributed by atoms with E-state index in [-0.39, 0.29) is 0 Å². The summed E-state index contributed by atoms with van der Waals surface area (Å²) in [5.74, 6) is 0.725. The molecule has 3 N–H and O–H groups in total. The lowest BCUT2D eigenvalue weighted by atomic mass is 10.1. The van der Waals surface area contributed by atoms with Crippen LogP contribution in [-0.2, 0) is 6.42 Å². The van der Waals surface area contributed by atoms with Crippen LogP contribution in [0.15, 0.2) is 30.3 Å². The molecular formula is C16H19N3S. The van der Waals surface area contributed by atoms with Crippen LogP contribution in [0.4, 0.5) is 11.5 Å². The molecule has 0 aliphatic carbocycles. The minimum atomic E-state index is 0.365.